The van der Waals surface area contributed by atoms with E-state index in [2.05, 4.69) is 78.1 Å². The summed E-state index contributed by atoms with van der Waals surface area (Å²) in [4.78, 5) is 0. The minimum Gasteiger partial charge on any atom is -0.454 e. The molecule has 1 aromatic heterocycles. The highest BCUT2D eigenvalue weighted by Gasteiger charge is 2.24. The maximum absolute atomic E-state index is 6.69. The highest BCUT2D eigenvalue weighted by Crippen LogP contribution is 2.45. The van der Waals surface area contributed by atoms with E-state index in [-0.39, 0.29) is 0 Å². The van der Waals surface area contributed by atoms with E-state index in [1.165, 1.54) is 59.2 Å². The maximum Gasteiger partial charge on any atom is 0.158 e. The summed E-state index contributed by atoms with van der Waals surface area (Å²) in [6, 6.07) is 27.9. The van der Waals surface area contributed by atoms with Gasteiger partial charge in [0.15, 0.2) is 5.58 Å². The fourth-order valence-electron chi connectivity index (χ4n) is 5.20. The van der Waals surface area contributed by atoms with Gasteiger partial charge in [0.05, 0.1) is 5.69 Å². The third-order valence-corrected chi connectivity index (χ3v) is 6.62. The summed E-state index contributed by atoms with van der Waals surface area (Å²) in [5, 5.41) is 8.65. The van der Waals surface area contributed by atoms with Gasteiger partial charge in [0, 0.05) is 22.0 Å². The standard InChI is InChI=1S/C28H25NO/c1-3-10-19(11-4-1)26-22-15-8-7-12-20(22)18-24-23-16-9-17-25(27(23)30-28(24)26)29-21-13-5-2-6-14-21/h2,5-9,12-19,29H,1,3-4,10-11H2. The molecule has 0 unspecified atom stereocenters. The van der Waals surface area contributed by atoms with Gasteiger partial charge in [-0.05, 0) is 53.8 Å². The second-order valence-electron chi connectivity index (χ2n) is 8.50. The van der Waals surface area contributed by atoms with Crippen LogP contribution in [-0.4, -0.2) is 0 Å². The molecule has 30 heavy (non-hydrogen) atoms. The predicted molar refractivity (Wildman–Crippen MR) is 127 cm³/mol. The van der Waals surface area contributed by atoms with Crippen molar-refractivity contribution < 1.29 is 4.42 Å². The average molecular weight is 392 g/mol. The van der Waals surface area contributed by atoms with Crippen LogP contribution in [0.25, 0.3) is 32.7 Å². The number of nitrogens with one attached hydrogen (secondary N) is 1. The first-order valence-corrected chi connectivity index (χ1v) is 11.1. The first-order chi connectivity index (χ1) is 14.9. The topological polar surface area (TPSA) is 25.2 Å². The molecule has 2 nitrogen and oxygen atoms in total. The second-order valence-corrected chi connectivity index (χ2v) is 8.50. The van der Waals surface area contributed by atoms with E-state index in [0.717, 1.165) is 22.5 Å². The molecule has 0 saturated heterocycles. The van der Waals surface area contributed by atoms with Crippen LogP contribution in [0.3, 0.4) is 0 Å². The van der Waals surface area contributed by atoms with Crippen LogP contribution in [0.1, 0.15) is 43.6 Å². The lowest BCUT2D eigenvalue weighted by atomic mass is 9.81. The summed E-state index contributed by atoms with van der Waals surface area (Å²) in [6.45, 7) is 0. The summed E-state index contributed by atoms with van der Waals surface area (Å²) >= 11 is 0. The van der Waals surface area contributed by atoms with Crippen molar-refractivity contribution in [2.45, 2.75) is 38.0 Å². The molecule has 4 aromatic carbocycles. The molecule has 0 amide bonds. The number of benzene rings is 4. The van der Waals surface area contributed by atoms with Gasteiger partial charge >= 0.3 is 0 Å². The first kappa shape index (κ1) is 17.6. The van der Waals surface area contributed by atoms with Crippen molar-refractivity contribution in [1.82, 2.24) is 0 Å². The van der Waals surface area contributed by atoms with Gasteiger partial charge in [-0.2, -0.15) is 0 Å². The zero-order valence-electron chi connectivity index (χ0n) is 17.0. The molecule has 1 saturated carbocycles. The van der Waals surface area contributed by atoms with Gasteiger partial charge in [0.2, 0.25) is 0 Å². The lowest BCUT2D eigenvalue weighted by molar-refractivity contribution is 0.444. The number of para-hydroxylation sites is 2. The third kappa shape index (κ3) is 2.87. The molecular weight excluding hydrogens is 366 g/mol. The number of anilines is 2. The highest BCUT2D eigenvalue weighted by atomic mass is 16.3. The van der Waals surface area contributed by atoms with Crippen LogP contribution in [0.5, 0.6) is 0 Å². The molecule has 148 valence electrons. The van der Waals surface area contributed by atoms with Crippen LogP contribution in [0, 0.1) is 0 Å². The van der Waals surface area contributed by atoms with E-state index in [1.54, 1.807) is 0 Å². The molecule has 0 bridgehead atoms. The Labute approximate surface area is 176 Å². The normalized spacial score (nSPS) is 15.2. The molecule has 1 aliphatic rings. The van der Waals surface area contributed by atoms with E-state index < -0.39 is 0 Å². The van der Waals surface area contributed by atoms with Crippen molar-refractivity contribution in [2.75, 3.05) is 5.32 Å². The van der Waals surface area contributed by atoms with Gasteiger partial charge in [-0.3, -0.25) is 0 Å². The number of hydrogen-bond acceptors (Lipinski definition) is 2. The van der Waals surface area contributed by atoms with Gasteiger partial charge in [-0.25, -0.2) is 0 Å². The molecule has 1 fully saturated rings. The van der Waals surface area contributed by atoms with Crippen LogP contribution in [0.15, 0.2) is 83.3 Å². The summed E-state index contributed by atoms with van der Waals surface area (Å²) in [6.07, 6.45) is 6.51. The van der Waals surface area contributed by atoms with Gasteiger partial charge in [0.25, 0.3) is 0 Å². The molecule has 0 aliphatic heterocycles. The van der Waals surface area contributed by atoms with Gasteiger partial charge < -0.3 is 9.73 Å². The SMILES string of the molecule is c1ccc(Nc2cccc3c2oc2c(C4CCCCC4)c4ccccc4cc23)cc1. The minimum absolute atomic E-state index is 0.582. The van der Waals surface area contributed by atoms with Crippen LogP contribution in [-0.2, 0) is 0 Å². The Hall–Kier alpha value is -3.26. The van der Waals surface area contributed by atoms with Crippen molar-refractivity contribution in [3.63, 3.8) is 0 Å². The smallest absolute Gasteiger partial charge is 0.158 e. The Morgan fingerprint density at radius 3 is 2.30 bits per heavy atom. The largest absolute Gasteiger partial charge is 0.454 e. The van der Waals surface area contributed by atoms with E-state index in [4.69, 9.17) is 4.42 Å². The number of fused-ring (bicyclic) bond motifs is 4. The number of furan rings is 1. The molecule has 5 aromatic rings. The molecular formula is C28H25NO. The average Bonchev–Trinajstić information content (AvgIpc) is 3.18. The Bertz CT molecular complexity index is 1340. The highest BCUT2D eigenvalue weighted by molar-refractivity contribution is 6.14. The molecule has 2 heteroatoms. The summed E-state index contributed by atoms with van der Waals surface area (Å²) < 4.78 is 6.69. The van der Waals surface area contributed by atoms with Gasteiger partial charge in [-0.15, -0.1) is 0 Å². The first-order valence-electron chi connectivity index (χ1n) is 11.1. The Morgan fingerprint density at radius 1 is 0.667 bits per heavy atom. The molecule has 1 aliphatic carbocycles. The van der Waals surface area contributed by atoms with Crippen molar-refractivity contribution >= 4 is 44.1 Å². The maximum atomic E-state index is 6.69. The van der Waals surface area contributed by atoms with Crippen LogP contribution in [0.2, 0.25) is 0 Å². The minimum atomic E-state index is 0.582. The summed E-state index contributed by atoms with van der Waals surface area (Å²) in [7, 11) is 0. The number of rotatable bonds is 3. The molecule has 1 heterocycles. The molecule has 1 N–H and O–H groups in total. The third-order valence-electron chi connectivity index (χ3n) is 6.62. The number of hydrogen-bond donors (Lipinski definition) is 1. The Balaban J connectivity index is 1.62. The molecule has 6 rings (SSSR count). The quantitative estimate of drug-likeness (QED) is 0.333. The monoisotopic (exact) mass is 391 g/mol. The second kappa shape index (κ2) is 7.21. The van der Waals surface area contributed by atoms with E-state index >= 15 is 0 Å². The van der Waals surface area contributed by atoms with E-state index in [9.17, 15) is 0 Å². The fraction of sp³-hybridized carbons (Fsp3) is 0.214. The van der Waals surface area contributed by atoms with Gasteiger partial charge in [0.1, 0.15) is 5.58 Å². The van der Waals surface area contributed by atoms with E-state index in [0.29, 0.717) is 5.92 Å². The summed E-state index contributed by atoms with van der Waals surface area (Å²) in [5.41, 5.74) is 5.54. The molecule has 0 spiro atoms. The zero-order valence-corrected chi connectivity index (χ0v) is 17.0. The zero-order chi connectivity index (χ0) is 19.9. The van der Waals surface area contributed by atoms with Crippen molar-refractivity contribution in [3.8, 4) is 0 Å². The molecule has 0 atom stereocenters. The molecule has 0 radical (unpaired) electrons. The predicted octanol–water partition coefficient (Wildman–Crippen LogP) is 8.53. The van der Waals surface area contributed by atoms with Crippen LogP contribution >= 0.6 is 0 Å². The van der Waals surface area contributed by atoms with Crippen molar-refractivity contribution in [2.24, 2.45) is 0 Å². The lowest BCUT2D eigenvalue weighted by Crippen LogP contribution is -2.05. The Kier molecular flexibility index (Phi) is 4.23. The Morgan fingerprint density at radius 2 is 1.43 bits per heavy atom. The van der Waals surface area contributed by atoms with Crippen LogP contribution in [0.4, 0.5) is 11.4 Å². The van der Waals surface area contributed by atoms with Gasteiger partial charge in [-0.1, -0.05) is 73.9 Å². The van der Waals surface area contributed by atoms with Crippen molar-refractivity contribution in [3.05, 3.63) is 84.4 Å². The summed E-state index contributed by atoms with van der Waals surface area (Å²) in [5.74, 6) is 0.582. The van der Waals surface area contributed by atoms with Crippen LogP contribution < -0.4 is 5.32 Å². The van der Waals surface area contributed by atoms with Crippen molar-refractivity contribution in [1.29, 1.82) is 0 Å². The fourth-order valence-corrected chi connectivity index (χ4v) is 5.20. The lowest BCUT2D eigenvalue weighted by Gasteiger charge is -2.23. The van der Waals surface area contributed by atoms with E-state index in [1.807, 2.05) is 6.07 Å².